The standard InChI is InChI=1S/C18H27NO/c1-3-10-19-13-18(2,15-8-9-15)12-16-11-14-6-4-5-7-17(14)20-16/h4-7,15-16,19H,3,8-13H2,1-2H3. The van der Waals surface area contributed by atoms with Crippen molar-refractivity contribution in [2.75, 3.05) is 13.1 Å². The molecule has 1 N–H and O–H groups in total. The van der Waals surface area contributed by atoms with Crippen molar-refractivity contribution in [2.24, 2.45) is 11.3 Å². The van der Waals surface area contributed by atoms with Crippen LogP contribution in [-0.4, -0.2) is 19.2 Å². The molecule has 1 aromatic carbocycles. The maximum atomic E-state index is 6.16. The van der Waals surface area contributed by atoms with Crippen LogP contribution >= 0.6 is 0 Å². The number of rotatable bonds is 7. The van der Waals surface area contributed by atoms with Gasteiger partial charge in [0.1, 0.15) is 11.9 Å². The Morgan fingerprint density at radius 1 is 1.30 bits per heavy atom. The number of nitrogens with one attached hydrogen (secondary N) is 1. The van der Waals surface area contributed by atoms with Crippen LogP contribution in [0.15, 0.2) is 24.3 Å². The minimum absolute atomic E-state index is 0.376. The molecule has 20 heavy (non-hydrogen) atoms. The van der Waals surface area contributed by atoms with Crippen LogP contribution in [0.2, 0.25) is 0 Å². The third-order valence-electron chi connectivity index (χ3n) is 4.93. The highest BCUT2D eigenvalue weighted by Gasteiger charge is 2.43. The van der Waals surface area contributed by atoms with Gasteiger partial charge in [0.25, 0.3) is 0 Å². The summed E-state index contributed by atoms with van der Waals surface area (Å²) in [5, 5.41) is 3.64. The summed E-state index contributed by atoms with van der Waals surface area (Å²) >= 11 is 0. The highest BCUT2D eigenvalue weighted by Crippen LogP contribution is 2.49. The van der Waals surface area contributed by atoms with Crippen LogP contribution in [0.4, 0.5) is 0 Å². The van der Waals surface area contributed by atoms with Crippen LogP contribution in [0.5, 0.6) is 5.75 Å². The Hall–Kier alpha value is -1.02. The van der Waals surface area contributed by atoms with E-state index in [-0.39, 0.29) is 0 Å². The largest absolute Gasteiger partial charge is 0.490 e. The van der Waals surface area contributed by atoms with Crippen LogP contribution in [0.25, 0.3) is 0 Å². The van der Waals surface area contributed by atoms with Gasteiger partial charge in [-0.1, -0.05) is 32.0 Å². The molecule has 1 aromatic rings. The molecule has 0 aromatic heterocycles. The lowest BCUT2D eigenvalue weighted by Crippen LogP contribution is -2.38. The van der Waals surface area contributed by atoms with Gasteiger partial charge < -0.3 is 10.1 Å². The number of hydrogen-bond donors (Lipinski definition) is 1. The van der Waals surface area contributed by atoms with Crippen molar-refractivity contribution in [1.29, 1.82) is 0 Å². The molecule has 0 bridgehead atoms. The highest BCUT2D eigenvalue weighted by atomic mass is 16.5. The van der Waals surface area contributed by atoms with Gasteiger partial charge in [0, 0.05) is 13.0 Å². The Kier molecular flexibility index (Phi) is 4.02. The monoisotopic (exact) mass is 273 g/mol. The molecule has 2 nitrogen and oxygen atoms in total. The van der Waals surface area contributed by atoms with E-state index in [1.165, 1.54) is 31.2 Å². The topological polar surface area (TPSA) is 21.3 Å². The summed E-state index contributed by atoms with van der Waals surface area (Å²) in [6.07, 6.45) is 6.68. The number of fused-ring (bicyclic) bond motifs is 1. The molecule has 1 aliphatic heterocycles. The van der Waals surface area contributed by atoms with E-state index >= 15 is 0 Å². The zero-order chi connectivity index (χ0) is 14.0. The number of hydrogen-bond acceptors (Lipinski definition) is 2. The Labute approximate surface area is 122 Å². The summed E-state index contributed by atoms with van der Waals surface area (Å²) in [6.45, 7) is 6.97. The number of ether oxygens (including phenoxy) is 1. The van der Waals surface area contributed by atoms with Crippen molar-refractivity contribution in [3.8, 4) is 5.75 Å². The molecule has 1 saturated carbocycles. The van der Waals surface area contributed by atoms with E-state index in [0.717, 1.165) is 31.2 Å². The zero-order valence-corrected chi connectivity index (χ0v) is 12.8. The van der Waals surface area contributed by atoms with Crippen LogP contribution in [-0.2, 0) is 6.42 Å². The van der Waals surface area contributed by atoms with Gasteiger partial charge in [0.15, 0.2) is 0 Å². The maximum Gasteiger partial charge on any atom is 0.123 e. The normalized spacial score (nSPS) is 24.0. The fraction of sp³-hybridized carbons (Fsp3) is 0.667. The summed E-state index contributed by atoms with van der Waals surface area (Å²) < 4.78 is 6.16. The summed E-state index contributed by atoms with van der Waals surface area (Å²) in [5.74, 6) is 2.01. The van der Waals surface area contributed by atoms with E-state index in [2.05, 4.69) is 43.4 Å². The molecule has 2 unspecified atom stereocenters. The first-order valence-corrected chi connectivity index (χ1v) is 8.16. The maximum absolute atomic E-state index is 6.16. The van der Waals surface area contributed by atoms with Crippen LogP contribution in [0.1, 0.15) is 45.1 Å². The molecule has 1 aliphatic carbocycles. The van der Waals surface area contributed by atoms with Crippen molar-refractivity contribution in [2.45, 2.75) is 52.1 Å². The first-order chi connectivity index (χ1) is 9.71. The fourth-order valence-corrected chi connectivity index (χ4v) is 3.60. The molecule has 1 heterocycles. The molecule has 0 amide bonds. The third-order valence-corrected chi connectivity index (χ3v) is 4.93. The van der Waals surface area contributed by atoms with E-state index in [1.54, 1.807) is 0 Å². The molecule has 110 valence electrons. The van der Waals surface area contributed by atoms with E-state index in [1.807, 2.05) is 0 Å². The Bertz CT molecular complexity index is 429. The minimum atomic E-state index is 0.376. The Morgan fingerprint density at radius 3 is 2.80 bits per heavy atom. The van der Waals surface area contributed by atoms with E-state index in [4.69, 9.17) is 4.74 Å². The molecule has 0 radical (unpaired) electrons. The molecule has 2 aliphatic rings. The first kappa shape index (κ1) is 13.9. The summed E-state index contributed by atoms with van der Waals surface area (Å²) in [7, 11) is 0. The second kappa shape index (κ2) is 5.77. The summed E-state index contributed by atoms with van der Waals surface area (Å²) in [6, 6.07) is 8.51. The molecule has 0 spiro atoms. The SMILES string of the molecule is CCCNCC(C)(CC1Cc2ccccc2O1)C1CC1. The Balaban J connectivity index is 1.60. The molecule has 0 saturated heterocycles. The van der Waals surface area contributed by atoms with Gasteiger partial charge in [-0.3, -0.25) is 0 Å². The smallest absolute Gasteiger partial charge is 0.123 e. The van der Waals surface area contributed by atoms with Crippen LogP contribution < -0.4 is 10.1 Å². The van der Waals surface area contributed by atoms with Crippen molar-refractivity contribution >= 4 is 0 Å². The lowest BCUT2D eigenvalue weighted by atomic mass is 9.78. The van der Waals surface area contributed by atoms with Crippen LogP contribution in [0.3, 0.4) is 0 Å². The predicted molar refractivity (Wildman–Crippen MR) is 83.2 cm³/mol. The lowest BCUT2D eigenvalue weighted by molar-refractivity contribution is 0.126. The van der Waals surface area contributed by atoms with Gasteiger partial charge in [0.05, 0.1) is 0 Å². The lowest BCUT2D eigenvalue weighted by Gasteiger charge is -2.32. The Morgan fingerprint density at radius 2 is 2.10 bits per heavy atom. The van der Waals surface area contributed by atoms with Crippen molar-refractivity contribution in [3.05, 3.63) is 29.8 Å². The second-order valence-corrected chi connectivity index (χ2v) is 6.86. The average Bonchev–Trinajstić information content (AvgIpc) is 3.21. The quantitative estimate of drug-likeness (QED) is 0.763. The van der Waals surface area contributed by atoms with Gasteiger partial charge in [-0.05, 0) is 55.2 Å². The first-order valence-electron chi connectivity index (χ1n) is 8.16. The zero-order valence-electron chi connectivity index (χ0n) is 12.8. The van der Waals surface area contributed by atoms with Crippen molar-refractivity contribution < 1.29 is 4.74 Å². The fourth-order valence-electron chi connectivity index (χ4n) is 3.60. The molecular weight excluding hydrogens is 246 g/mol. The predicted octanol–water partition coefficient (Wildman–Crippen LogP) is 3.80. The summed E-state index contributed by atoms with van der Waals surface area (Å²) in [5.41, 5.74) is 1.79. The second-order valence-electron chi connectivity index (χ2n) is 6.86. The molecule has 3 rings (SSSR count). The van der Waals surface area contributed by atoms with Gasteiger partial charge in [-0.15, -0.1) is 0 Å². The highest BCUT2D eigenvalue weighted by molar-refractivity contribution is 5.37. The average molecular weight is 273 g/mol. The van der Waals surface area contributed by atoms with Crippen molar-refractivity contribution in [1.82, 2.24) is 5.32 Å². The van der Waals surface area contributed by atoms with Crippen molar-refractivity contribution in [3.63, 3.8) is 0 Å². The summed E-state index contributed by atoms with van der Waals surface area (Å²) in [4.78, 5) is 0. The molecular formula is C18H27NO. The molecule has 2 heteroatoms. The molecule has 2 atom stereocenters. The third kappa shape index (κ3) is 3.01. The van der Waals surface area contributed by atoms with E-state index < -0.39 is 0 Å². The van der Waals surface area contributed by atoms with E-state index in [0.29, 0.717) is 11.5 Å². The van der Waals surface area contributed by atoms with Gasteiger partial charge in [0.2, 0.25) is 0 Å². The van der Waals surface area contributed by atoms with Crippen LogP contribution in [0, 0.1) is 11.3 Å². The van der Waals surface area contributed by atoms with E-state index in [9.17, 15) is 0 Å². The number of para-hydroxylation sites is 1. The van der Waals surface area contributed by atoms with Gasteiger partial charge >= 0.3 is 0 Å². The van der Waals surface area contributed by atoms with Gasteiger partial charge in [-0.2, -0.15) is 0 Å². The molecule has 1 fully saturated rings. The minimum Gasteiger partial charge on any atom is -0.490 e. The van der Waals surface area contributed by atoms with Gasteiger partial charge in [-0.25, -0.2) is 0 Å². The number of benzene rings is 1.